The maximum absolute atomic E-state index is 5.01. The van der Waals surface area contributed by atoms with Gasteiger partial charge in [0.05, 0.1) is 0 Å². The summed E-state index contributed by atoms with van der Waals surface area (Å²) in [5.74, 6) is 1.94. The van der Waals surface area contributed by atoms with Gasteiger partial charge in [-0.05, 0) is 55.3 Å². The Morgan fingerprint density at radius 3 is 2.66 bits per heavy atom. The molecule has 0 unspecified atom stereocenters. The zero-order valence-corrected chi connectivity index (χ0v) is 17.4. The van der Waals surface area contributed by atoms with Crippen LogP contribution in [0.3, 0.4) is 0 Å². The fourth-order valence-electron chi connectivity index (χ4n) is 4.93. The monoisotopic (exact) mass is 402 g/mol. The molecule has 5 heteroatoms. The van der Waals surface area contributed by atoms with E-state index in [-0.39, 0.29) is 0 Å². The van der Waals surface area contributed by atoms with Gasteiger partial charge in [-0.2, -0.15) is 0 Å². The van der Waals surface area contributed by atoms with Crippen molar-refractivity contribution in [3.05, 3.63) is 59.4 Å². The van der Waals surface area contributed by atoms with Crippen molar-refractivity contribution in [1.29, 1.82) is 0 Å². The van der Waals surface area contributed by atoms with Gasteiger partial charge >= 0.3 is 0 Å². The first kappa shape index (κ1) is 17.6. The molecular weight excluding hydrogens is 376 g/mol. The number of aromatic nitrogens is 3. The summed E-state index contributed by atoms with van der Waals surface area (Å²) >= 11 is 1.94. The maximum Gasteiger partial charge on any atom is 0.160 e. The van der Waals surface area contributed by atoms with Crippen molar-refractivity contribution < 1.29 is 0 Å². The van der Waals surface area contributed by atoms with Crippen molar-refractivity contribution in [1.82, 2.24) is 19.4 Å². The van der Waals surface area contributed by atoms with Crippen LogP contribution < -0.4 is 0 Å². The van der Waals surface area contributed by atoms with Gasteiger partial charge in [0.15, 0.2) is 5.65 Å². The largest absolute Gasteiger partial charge is 0.309 e. The summed E-state index contributed by atoms with van der Waals surface area (Å²) in [6.45, 7) is 3.37. The SMILES string of the molecule is c1ccc2sc(CN3CCC(n4c(C5CCC5)nc5cccnc54)CC3)cc2c1. The zero-order chi connectivity index (χ0) is 19.2. The van der Waals surface area contributed by atoms with Crippen molar-refractivity contribution in [2.24, 2.45) is 0 Å². The van der Waals surface area contributed by atoms with E-state index in [9.17, 15) is 0 Å². The quantitative estimate of drug-likeness (QED) is 0.436. The fraction of sp³-hybridized carbons (Fsp3) is 0.417. The highest BCUT2D eigenvalue weighted by atomic mass is 32.1. The summed E-state index contributed by atoms with van der Waals surface area (Å²) in [6.07, 6.45) is 8.21. The van der Waals surface area contributed by atoms with Gasteiger partial charge < -0.3 is 4.57 Å². The molecule has 148 valence electrons. The van der Waals surface area contributed by atoms with E-state index in [0.29, 0.717) is 12.0 Å². The fourth-order valence-corrected chi connectivity index (χ4v) is 6.04. The molecule has 0 amide bonds. The third-order valence-electron chi connectivity index (χ3n) is 6.72. The van der Waals surface area contributed by atoms with Crippen LogP contribution in [0.5, 0.6) is 0 Å². The number of imidazole rings is 1. The Morgan fingerprint density at radius 1 is 1.00 bits per heavy atom. The molecule has 0 atom stereocenters. The molecular formula is C24H26N4S. The molecule has 1 saturated heterocycles. The van der Waals surface area contributed by atoms with Gasteiger partial charge in [-0.15, -0.1) is 11.3 Å². The Balaban J connectivity index is 1.21. The summed E-state index contributed by atoms with van der Waals surface area (Å²) in [4.78, 5) is 13.8. The van der Waals surface area contributed by atoms with Crippen molar-refractivity contribution in [2.75, 3.05) is 13.1 Å². The molecule has 0 N–H and O–H groups in total. The molecule has 0 bridgehead atoms. The Labute approximate surface area is 175 Å². The molecule has 0 spiro atoms. The number of nitrogens with zero attached hydrogens (tertiary/aromatic N) is 4. The van der Waals surface area contributed by atoms with E-state index in [1.165, 1.54) is 52.9 Å². The third kappa shape index (κ3) is 3.17. The molecule has 1 saturated carbocycles. The second-order valence-electron chi connectivity index (χ2n) is 8.57. The van der Waals surface area contributed by atoms with Crippen LogP contribution >= 0.6 is 11.3 Å². The lowest BCUT2D eigenvalue weighted by molar-refractivity contribution is 0.178. The van der Waals surface area contributed by atoms with Crippen LogP contribution in [-0.4, -0.2) is 32.5 Å². The predicted octanol–water partition coefficient (Wildman–Crippen LogP) is 5.75. The second kappa shape index (κ2) is 7.22. The Hall–Kier alpha value is -2.24. The van der Waals surface area contributed by atoms with Gasteiger partial charge in [0.25, 0.3) is 0 Å². The van der Waals surface area contributed by atoms with Gasteiger partial charge in [-0.3, -0.25) is 4.90 Å². The lowest BCUT2D eigenvalue weighted by atomic mass is 9.84. The van der Waals surface area contributed by atoms with E-state index in [0.717, 1.165) is 30.8 Å². The number of hydrogen-bond donors (Lipinski definition) is 0. The van der Waals surface area contributed by atoms with Crippen LogP contribution in [0.4, 0.5) is 0 Å². The molecule has 0 radical (unpaired) electrons. The summed E-state index contributed by atoms with van der Waals surface area (Å²) in [5.41, 5.74) is 2.17. The van der Waals surface area contributed by atoms with Crippen molar-refractivity contribution in [3.8, 4) is 0 Å². The average molecular weight is 403 g/mol. The summed E-state index contributed by atoms with van der Waals surface area (Å²) in [6, 6.07) is 15.8. The topological polar surface area (TPSA) is 34.0 Å². The number of piperidine rings is 1. The van der Waals surface area contributed by atoms with Gasteiger partial charge in [0.2, 0.25) is 0 Å². The van der Waals surface area contributed by atoms with Crippen LogP contribution in [-0.2, 0) is 6.54 Å². The average Bonchev–Trinajstić information content (AvgIpc) is 3.28. The molecule has 3 aromatic heterocycles. The molecule has 4 heterocycles. The Bertz CT molecular complexity index is 1120. The van der Waals surface area contributed by atoms with E-state index in [1.54, 1.807) is 0 Å². The van der Waals surface area contributed by atoms with Crippen molar-refractivity contribution >= 4 is 32.6 Å². The van der Waals surface area contributed by atoms with Crippen LogP contribution in [0, 0.1) is 0 Å². The molecule has 2 aliphatic rings. The normalized spacial score (nSPS) is 19.2. The molecule has 2 fully saturated rings. The summed E-state index contributed by atoms with van der Waals surface area (Å²) in [7, 11) is 0. The van der Waals surface area contributed by atoms with Crippen LogP contribution in [0.15, 0.2) is 48.7 Å². The minimum atomic E-state index is 0.532. The second-order valence-corrected chi connectivity index (χ2v) is 9.74. The van der Waals surface area contributed by atoms with Gasteiger partial charge in [0.1, 0.15) is 11.3 Å². The number of pyridine rings is 1. The molecule has 1 aliphatic carbocycles. The molecule has 4 nitrogen and oxygen atoms in total. The highest BCUT2D eigenvalue weighted by Gasteiger charge is 2.31. The van der Waals surface area contributed by atoms with Gasteiger partial charge in [-0.1, -0.05) is 24.6 Å². The summed E-state index contributed by atoms with van der Waals surface area (Å²) in [5, 5.41) is 1.38. The highest BCUT2D eigenvalue weighted by molar-refractivity contribution is 7.19. The number of likely N-dealkylation sites (tertiary alicyclic amines) is 1. The van der Waals surface area contributed by atoms with E-state index >= 15 is 0 Å². The molecule has 1 aliphatic heterocycles. The number of rotatable bonds is 4. The first-order chi connectivity index (χ1) is 14.3. The molecule has 4 aromatic rings. The Kier molecular flexibility index (Phi) is 4.38. The third-order valence-corrected chi connectivity index (χ3v) is 7.83. The number of hydrogen-bond acceptors (Lipinski definition) is 4. The lowest BCUT2D eigenvalue weighted by Crippen LogP contribution is -2.35. The number of fused-ring (bicyclic) bond motifs is 2. The minimum absolute atomic E-state index is 0.532. The molecule has 29 heavy (non-hydrogen) atoms. The van der Waals surface area contributed by atoms with E-state index in [1.807, 2.05) is 23.6 Å². The highest BCUT2D eigenvalue weighted by Crippen LogP contribution is 2.40. The van der Waals surface area contributed by atoms with Crippen molar-refractivity contribution in [3.63, 3.8) is 0 Å². The van der Waals surface area contributed by atoms with Crippen LogP contribution in [0.1, 0.15) is 54.8 Å². The minimum Gasteiger partial charge on any atom is -0.309 e. The van der Waals surface area contributed by atoms with Gasteiger partial charge in [0, 0.05) is 47.4 Å². The number of thiophene rings is 1. The van der Waals surface area contributed by atoms with Crippen LogP contribution in [0.2, 0.25) is 0 Å². The van der Waals surface area contributed by atoms with Crippen molar-refractivity contribution in [2.45, 2.75) is 50.6 Å². The number of benzene rings is 1. The smallest absolute Gasteiger partial charge is 0.160 e. The van der Waals surface area contributed by atoms with Crippen LogP contribution in [0.25, 0.3) is 21.3 Å². The molecule has 6 rings (SSSR count). The standard InChI is InChI=1S/C24H26N4S/c1-2-9-22-18(5-1)15-20(29-22)16-27-13-10-19(11-14-27)28-23(17-6-3-7-17)26-21-8-4-12-25-24(21)28/h1-2,4-5,8-9,12,15,17,19H,3,6-7,10-11,13-14,16H2. The maximum atomic E-state index is 5.01. The van der Waals surface area contributed by atoms with E-state index < -0.39 is 0 Å². The Morgan fingerprint density at radius 2 is 1.86 bits per heavy atom. The first-order valence-corrected chi connectivity index (χ1v) is 11.7. The van der Waals surface area contributed by atoms with Gasteiger partial charge in [-0.25, -0.2) is 9.97 Å². The molecule has 1 aromatic carbocycles. The summed E-state index contributed by atoms with van der Waals surface area (Å²) < 4.78 is 3.91. The predicted molar refractivity (Wildman–Crippen MR) is 119 cm³/mol. The van der Waals surface area contributed by atoms with E-state index in [2.05, 4.69) is 45.9 Å². The van der Waals surface area contributed by atoms with E-state index in [4.69, 9.17) is 9.97 Å². The first-order valence-electron chi connectivity index (χ1n) is 10.9. The zero-order valence-electron chi connectivity index (χ0n) is 16.6. The lowest BCUT2D eigenvalue weighted by Gasteiger charge is -2.35.